The Morgan fingerprint density at radius 2 is 2.07 bits per heavy atom. The molecule has 6 heteroatoms. The lowest BCUT2D eigenvalue weighted by molar-refractivity contribution is 0.181. The number of benzene rings is 1. The summed E-state index contributed by atoms with van der Waals surface area (Å²) in [4.78, 5) is 0.137. The second-order valence-electron chi connectivity index (χ2n) is 2.91. The second kappa shape index (κ2) is 4.14. The van der Waals surface area contributed by atoms with Crippen molar-refractivity contribution in [2.75, 3.05) is 0 Å². The fraction of sp³-hybridized carbons (Fsp3) is 0.111. The lowest BCUT2D eigenvalue weighted by Crippen LogP contribution is -1.99. The topological polar surface area (TPSA) is 62.1 Å². The molecule has 0 aliphatic rings. The van der Waals surface area contributed by atoms with Crippen LogP contribution in [0.25, 0.3) is 0 Å². The van der Waals surface area contributed by atoms with Crippen molar-refractivity contribution in [2.45, 2.75) is 6.10 Å². The van der Waals surface area contributed by atoms with Gasteiger partial charge in [0.2, 0.25) is 5.89 Å². The first kappa shape index (κ1) is 10.4. The first-order valence-corrected chi connectivity index (χ1v) is 4.94. The minimum Gasteiger partial charge on any atom is -0.411 e. The van der Waals surface area contributed by atoms with Crippen LogP contribution in [0.4, 0.5) is 0 Å². The molecule has 1 aromatic heterocycles. The Balaban J connectivity index is 2.31. The number of hydrogen-bond donors (Lipinski definition) is 2. The van der Waals surface area contributed by atoms with E-state index in [0.29, 0.717) is 10.6 Å². The predicted molar refractivity (Wildman–Crippen MR) is 57.2 cm³/mol. The van der Waals surface area contributed by atoms with Crippen LogP contribution in [0.5, 0.6) is 0 Å². The molecule has 0 spiro atoms. The maximum Gasteiger partial charge on any atom is 0.284 e. The normalized spacial score (nSPS) is 12.7. The molecule has 4 nitrogen and oxygen atoms in total. The molecule has 0 amide bonds. The Morgan fingerprint density at radius 1 is 1.40 bits per heavy atom. The van der Waals surface area contributed by atoms with Crippen molar-refractivity contribution in [3.63, 3.8) is 0 Å². The molecule has 2 aromatic rings. The van der Waals surface area contributed by atoms with Crippen molar-refractivity contribution in [3.8, 4) is 0 Å². The molecule has 0 saturated carbocycles. The molecular formula is C9H7ClN2O2S. The van der Waals surface area contributed by atoms with E-state index in [4.69, 9.17) is 28.2 Å². The Labute approximate surface area is 95.5 Å². The molecule has 1 heterocycles. The standard InChI is InChI=1S/C9H7ClN2O2S/c10-6-3-1-5(2-4-6)7(13)8-11-12-9(15)14-8/h1-4,7,13H,(H,12,15)/t7-/m0/s1. The van der Waals surface area contributed by atoms with E-state index in [-0.39, 0.29) is 10.7 Å². The molecule has 15 heavy (non-hydrogen) atoms. The number of aliphatic hydroxyl groups excluding tert-OH is 1. The maximum atomic E-state index is 9.83. The van der Waals surface area contributed by atoms with E-state index < -0.39 is 6.10 Å². The van der Waals surface area contributed by atoms with Gasteiger partial charge in [0.15, 0.2) is 6.10 Å². The summed E-state index contributed by atoms with van der Waals surface area (Å²) in [6.07, 6.45) is -0.935. The van der Waals surface area contributed by atoms with E-state index in [2.05, 4.69) is 10.2 Å². The fourth-order valence-corrected chi connectivity index (χ4v) is 1.40. The number of halogens is 1. The summed E-state index contributed by atoms with van der Waals surface area (Å²) in [6, 6.07) is 6.75. The smallest absolute Gasteiger partial charge is 0.284 e. The van der Waals surface area contributed by atoms with Crippen molar-refractivity contribution in [1.82, 2.24) is 10.2 Å². The van der Waals surface area contributed by atoms with Crippen LogP contribution in [0.3, 0.4) is 0 Å². The second-order valence-corrected chi connectivity index (χ2v) is 3.71. The Morgan fingerprint density at radius 3 is 2.60 bits per heavy atom. The van der Waals surface area contributed by atoms with Gasteiger partial charge in [-0.05, 0) is 29.9 Å². The highest BCUT2D eigenvalue weighted by molar-refractivity contribution is 7.71. The van der Waals surface area contributed by atoms with Crippen LogP contribution in [0.1, 0.15) is 17.6 Å². The molecule has 0 aliphatic heterocycles. The summed E-state index contributed by atoms with van der Waals surface area (Å²) in [7, 11) is 0. The van der Waals surface area contributed by atoms with Crippen LogP contribution in [0.15, 0.2) is 28.7 Å². The van der Waals surface area contributed by atoms with Gasteiger partial charge in [0.25, 0.3) is 4.84 Å². The third-order valence-electron chi connectivity index (χ3n) is 1.87. The van der Waals surface area contributed by atoms with Gasteiger partial charge in [-0.15, -0.1) is 5.10 Å². The molecule has 0 aliphatic carbocycles. The first-order valence-electron chi connectivity index (χ1n) is 4.16. The van der Waals surface area contributed by atoms with Crippen molar-refractivity contribution in [2.24, 2.45) is 0 Å². The molecular weight excluding hydrogens is 236 g/mol. The molecule has 0 radical (unpaired) electrons. The molecule has 0 unspecified atom stereocenters. The quantitative estimate of drug-likeness (QED) is 0.795. The van der Waals surface area contributed by atoms with E-state index in [1.165, 1.54) is 0 Å². The molecule has 2 N–H and O–H groups in total. The number of aliphatic hydroxyl groups is 1. The van der Waals surface area contributed by atoms with Gasteiger partial charge in [-0.3, -0.25) is 0 Å². The van der Waals surface area contributed by atoms with Gasteiger partial charge in [-0.2, -0.15) is 0 Å². The van der Waals surface area contributed by atoms with Crippen molar-refractivity contribution in [3.05, 3.63) is 45.6 Å². The number of rotatable bonds is 2. The highest BCUT2D eigenvalue weighted by Gasteiger charge is 2.15. The number of aromatic nitrogens is 2. The average molecular weight is 243 g/mol. The highest BCUT2D eigenvalue weighted by atomic mass is 35.5. The zero-order chi connectivity index (χ0) is 10.8. The molecule has 1 atom stereocenters. The van der Waals surface area contributed by atoms with Crippen LogP contribution in [-0.4, -0.2) is 15.3 Å². The van der Waals surface area contributed by atoms with Crippen LogP contribution >= 0.6 is 23.8 Å². The van der Waals surface area contributed by atoms with Gasteiger partial charge >= 0.3 is 0 Å². The zero-order valence-electron chi connectivity index (χ0n) is 7.48. The van der Waals surface area contributed by atoms with Crippen LogP contribution in [0, 0.1) is 4.84 Å². The van der Waals surface area contributed by atoms with Gasteiger partial charge in [-0.25, -0.2) is 5.10 Å². The molecule has 0 fully saturated rings. The third kappa shape index (κ3) is 2.26. The Bertz CT molecular complexity index is 505. The number of nitrogens with zero attached hydrogens (tertiary/aromatic N) is 1. The Kier molecular flexibility index (Phi) is 2.86. The molecule has 1 aromatic carbocycles. The van der Waals surface area contributed by atoms with E-state index in [9.17, 15) is 5.11 Å². The van der Waals surface area contributed by atoms with E-state index in [1.807, 2.05) is 0 Å². The van der Waals surface area contributed by atoms with Gasteiger partial charge in [0.1, 0.15) is 0 Å². The monoisotopic (exact) mass is 242 g/mol. The van der Waals surface area contributed by atoms with Crippen LogP contribution in [-0.2, 0) is 0 Å². The summed E-state index contributed by atoms with van der Waals surface area (Å²) < 4.78 is 5.00. The van der Waals surface area contributed by atoms with Gasteiger partial charge in [-0.1, -0.05) is 23.7 Å². The zero-order valence-corrected chi connectivity index (χ0v) is 9.05. The predicted octanol–water partition coefficient (Wildman–Crippen LogP) is 2.47. The highest BCUT2D eigenvalue weighted by Crippen LogP contribution is 2.21. The summed E-state index contributed by atoms with van der Waals surface area (Å²) in [5.41, 5.74) is 0.643. The van der Waals surface area contributed by atoms with E-state index >= 15 is 0 Å². The van der Waals surface area contributed by atoms with Crippen LogP contribution < -0.4 is 0 Å². The van der Waals surface area contributed by atoms with E-state index in [0.717, 1.165) is 0 Å². The molecule has 2 rings (SSSR count). The van der Waals surface area contributed by atoms with Gasteiger partial charge < -0.3 is 9.52 Å². The molecule has 0 saturated heterocycles. The lowest BCUT2D eigenvalue weighted by Gasteiger charge is -2.05. The first-order chi connectivity index (χ1) is 7.16. The number of hydrogen-bond acceptors (Lipinski definition) is 4. The minimum absolute atomic E-state index is 0.137. The number of aromatic amines is 1. The number of H-pyrrole nitrogens is 1. The largest absolute Gasteiger partial charge is 0.411 e. The maximum absolute atomic E-state index is 9.83. The summed E-state index contributed by atoms with van der Waals surface area (Å²) in [6.45, 7) is 0. The van der Waals surface area contributed by atoms with Crippen molar-refractivity contribution < 1.29 is 9.52 Å². The minimum atomic E-state index is -0.935. The van der Waals surface area contributed by atoms with Crippen molar-refractivity contribution in [1.29, 1.82) is 0 Å². The number of nitrogens with one attached hydrogen (secondary N) is 1. The fourth-order valence-electron chi connectivity index (χ4n) is 1.15. The summed E-state index contributed by atoms with van der Waals surface area (Å²) in [5.74, 6) is 0.141. The molecule has 0 bridgehead atoms. The Hall–Kier alpha value is -1.17. The summed E-state index contributed by atoms with van der Waals surface area (Å²) in [5, 5.41) is 16.6. The van der Waals surface area contributed by atoms with E-state index in [1.54, 1.807) is 24.3 Å². The van der Waals surface area contributed by atoms with Crippen LogP contribution in [0.2, 0.25) is 5.02 Å². The van der Waals surface area contributed by atoms with Gasteiger partial charge in [0, 0.05) is 5.02 Å². The third-order valence-corrected chi connectivity index (χ3v) is 2.30. The molecule has 78 valence electrons. The van der Waals surface area contributed by atoms with Crippen molar-refractivity contribution >= 4 is 23.8 Å². The SMILES string of the molecule is O[C@@H](c1ccc(Cl)cc1)c1n[nH]c(=S)o1. The summed E-state index contributed by atoms with van der Waals surface area (Å²) >= 11 is 10.4. The lowest BCUT2D eigenvalue weighted by atomic mass is 10.1. The average Bonchev–Trinajstić information content (AvgIpc) is 2.65. The van der Waals surface area contributed by atoms with Gasteiger partial charge in [0.05, 0.1) is 0 Å².